The van der Waals surface area contributed by atoms with Gasteiger partial charge in [0.25, 0.3) is 0 Å². The van der Waals surface area contributed by atoms with Gasteiger partial charge >= 0.3 is 5.97 Å². The molecule has 2 heterocycles. The predicted octanol–water partition coefficient (Wildman–Crippen LogP) is 8.07. The van der Waals surface area contributed by atoms with Crippen LogP contribution in [0.1, 0.15) is 125 Å². The summed E-state index contributed by atoms with van der Waals surface area (Å²) in [5.41, 5.74) is 2.96. The first-order valence-electron chi connectivity index (χ1n) is 20.9. The van der Waals surface area contributed by atoms with Gasteiger partial charge in [-0.05, 0) is 153 Å². The van der Waals surface area contributed by atoms with Crippen molar-refractivity contribution in [2.75, 3.05) is 25.5 Å². The number of nitrogens with one attached hydrogen (secondary N) is 1. The molecule has 1 unspecified atom stereocenters. The number of nitrogens with zero attached hydrogens (tertiary/aromatic N) is 1. The van der Waals surface area contributed by atoms with Crippen LogP contribution in [0.5, 0.6) is 0 Å². The molecule has 9 heteroatoms. The SMILES string of the molecule is C=C(C)[C@@H]1CC[C@]2(NCC(=O)N3C[C@@H]4CC3CS4(=O)=O)CC[C@]3(C)[C@H](CC[C@@H]4[C@@]5(C)CC=C(C6=CC[C@](CF)(C(=O)O)CC6)C(C)(C)[C@@H]5CC[C@]43C)[C@@H]12. The van der Waals surface area contributed by atoms with E-state index in [4.69, 9.17) is 0 Å². The topological polar surface area (TPSA) is 104 Å². The minimum Gasteiger partial charge on any atom is -0.481 e. The second kappa shape index (κ2) is 12.2. The summed E-state index contributed by atoms with van der Waals surface area (Å²) in [6, 6.07) is -0.159. The highest BCUT2D eigenvalue weighted by Crippen LogP contribution is 2.76. The molecule has 6 aliphatic carbocycles. The number of aliphatic carboxylic acids is 1. The first-order chi connectivity index (χ1) is 24.8. The van der Waals surface area contributed by atoms with Gasteiger partial charge in [0.05, 0.1) is 23.0 Å². The van der Waals surface area contributed by atoms with E-state index in [2.05, 4.69) is 65.6 Å². The summed E-state index contributed by atoms with van der Waals surface area (Å²) >= 11 is 0. The lowest BCUT2D eigenvalue weighted by molar-refractivity contribution is -0.221. The number of fused-ring (bicyclic) bond motifs is 9. The summed E-state index contributed by atoms with van der Waals surface area (Å²) in [7, 11) is -3.05. The Balaban J connectivity index is 1.05. The molecule has 1 amide bonds. The lowest BCUT2D eigenvalue weighted by Gasteiger charge is -2.72. The Labute approximate surface area is 318 Å². The van der Waals surface area contributed by atoms with E-state index >= 15 is 0 Å². The molecule has 2 bridgehead atoms. The van der Waals surface area contributed by atoms with Gasteiger partial charge in [-0.15, -0.1) is 0 Å². The van der Waals surface area contributed by atoms with Crippen LogP contribution in [0.4, 0.5) is 4.39 Å². The largest absolute Gasteiger partial charge is 0.481 e. The van der Waals surface area contributed by atoms with Gasteiger partial charge in [0.1, 0.15) is 6.67 Å². The van der Waals surface area contributed by atoms with Crippen LogP contribution >= 0.6 is 0 Å². The van der Waals surface area contributed by atoms with Crippen LogP contribution in [0.15, 0.2) is 35.5 Å². The Kier molecular flexibility index (Phi) is 8.76. The molecule has 53 heavy (non-hydrogen) atoms. The van der Waals surface area contributed by atoms with Crippen molar-refractivity contribution >= 4 is 21.7 Å². The first kappa shape index (κ1) is 37.9. The van der Waals surface area contributed by atoms with Crippen LogP contribution in [0.25, 0.3) is 0 Å². The second-order valence-corrected chi connectivity index (χ2v) is 23.1. The molecule has 4 saturated carbocycles. The van der Waals surface area contributed by atoms with Gasteiger partial charge in [0.15, 0.2) is 9.84 Å². The van der Waals surface area contributed by atoms with Crippen LogP contribution in [0.2, 0.25) is 0 Å². The first-order valence-corrected chi connectivity index (χ1v) is 22.6. The molecule has 8 rings (SSSR count). The van der Waals surface area contributed by atoms with Gasteiger partial charge in [-0.1, -0.05) is 58.9 Å². The Morgan fingerprint density at radius 2 is 1.72 bits per heavy atom. The number of carbonyl (C=O) groups excluding carboxylic acids is 1. The summed E-state index contributed by atoms with van der Waals surface area (Å²) < 4.78 is 38.8. The zero-order chi connectivity index (χ0) is 38.1. The number of carboxylic acid groups (broad SMARTS) is 1. The van der Waals surface area contributed by atoms with Gasteiger partial charge in [0, 0.05) is 18.1 Å². The van der Waals surface area contributed by atoms with Gasteiger partial charge in [-0.25, -0.2) is 12.8 Å². The van der Waals surface area contributed by atoms with Crippen molar-refractivity contribution in [2.45, 2.75) is 142 Å². The monoisotopic (exact) mass is 752 g/mol. The van der Waals surface area contributed by atoms with Crippen molar-refractivity contribution in [1.29, 1.82) is 0 Å². The molecule has 2 saturated heterocycles. The maximum atomic E-state index is 14.0. The molecular weight excluding hydrogens is 688 g/mol. The minimum atomic E-state index is -3.05. The molecule has 0 aromatic rings. The molecule has 12 atom stereocenters. The van der Waals surface area contributed by atoms with E-state index in [9.17, 15) is 27.5 Å². The third kappa shape index (κ3) is 5.19. The van der Waals surface area contributed by atoms with Gasteiger partial charge in [-0.3, -0.25) is 9.59 Å². The van der Waals surface area contributed by atoms with Crippen LogP contribution in [-0.4, -0.2) is 72.6 Å². The average Bonchev–Trinajstić information content (AvgIpc) is 3.78. The molecule has 0 aromatic heterocycles. The number of rotatable bonds is 7. The molecule has 2 N–H and O–H groups in total. The Morgan fingerprint density at radius 1 is 0.962 bits per heavy atom. The summed E-state index contributed by atoms with van der Waals surface area (Å²) in [6.07, 6.45) is 16.6. The number of hydrogen-bond donors (Lipinski definition) is 2. The number of carbonyl (C=O) groups is 2. The summed E-state index contributed by atoms with van der Waals surface area (Å²) in [4.78, 5) is 27.5. The number of allylic oxidation sites excluding steroid dienone is 5. The molecule has 0 radical (unpaired) electrons. The highest BCUT2D eigenvalue weighted by molar-refractivity contribution is 7.92. The van der Waals surface area contributed by atoms with E-state index in [-0.39, 0.29) is 63.1 Å². The van der Waals surface area contributed by atoms with E-state index in [0.717, 1.165) is 32.1 Å². The lowest BCUT2D eigenvalue weighted by atomic mass is 9.33. The maximum Gasteiger partial charge on any atom is 0.312 e. The smallest absolute Gasteiger partial charge is 0.312 e. The lowest BCUT2D eigenvalue weighted by Crippen LogP contribution is -2.68. The number of sulfone groups is 1. The van der Waals surface area contributed by atoms with Crippen molar-refractivity contribution < 1.29 is 27.5 Å². The number of hydrogen-bond acceptors (Lipinski definition) is 5. The zero-order valence-electron chi connectivity index (χ0n) is 33.2. The van der Waals surface area contributed by atoms with E-state index in [0.29, 0.717) is 55.4 Å². The fourth-order valence-corrected chi connectivity index (χ4v) is 17.5. The molecule has 7 nitrogen and oxygen atoms in total. The molecular formula is C44H65FN2O5S. The molecule has 0 aromatic carbocycles. The molecule has 2 aliphatic heterocycles. The molecule has 0 spiro atoms. The number of carboxylic acids is 1. The van der Waals surface area contributed by atoms with Gasteiger partial charge in [0.2, 0.25) is 5.91 Å². The highest BCUT2D eigenvalue weighted by atomic mass is 32.2. The van der Waals surface area contributed by atoms with Crippen LogP contribution in [0, 0.1) is 56.7 Å². The van der Waals surface area contributed by atoms with E-state index < -0.39 is 27.9 Å². The molecule has 6 fully saturated rings. The Morgan fingerprint density at radius 3 is 2.32 bits per heavy atom. The summed E-state index contributed by atoms with van der Waals surface area (Å²) in [5, 5.41) is 13.4. The van der Waals surface area contributed by atoms with Crippen LogP contribution in [-0.2, 0) is 19.4 Å². The van der Waals surface area contributed by atoms with E-state index in [1.165, 1.54) is 42.4 Å². The summed E-state index contributed by atoms with van der Waals surface area (Å²) in [5.74, 6) is 1.68. The van der Waals surface area contributed by atoms with Crippen molar-refractivity contribution in [3.63, 3.8) is 0 Å². The Hall–Kier alpha value is -2.00. The average molecular weight is 753 g/mol. The van der Waals surface area contributed by atoms with Crippen molar-refractivity contribution in [3.8, 4) is 0 Å². The van der Waals surface area contributed by atoms with E-state index in [1.54, 1.807) is 0 Å². The van der Waals surface area contributed by atoms with Crippen molar-refractivity contribution in [3.05, 3.63) is 35.5 Å². The minimum absolute atomic E-state index is 0.0510. The van der Waals surface area contributed by atoms with Crippen LogP contribution < -0.4 is 5.32 Å². The quantitative estimate of drug-likeness (QED) is 0.255. The summed E-state index contributed by atoms with van der Waals surface area (Å²) in [6.45, 7) is 19.3. The van der Waals surface area contributed by atoms with Gasteiger partial charge in [-0.2, -0.15) is 0 Å². The third-order valence-corrected chi connectivity index (χ3v) is 20.7. The Bertz CT molecular complexity index is 1770. The fourth-order valence-electron chi connectivity index (χ4n) is 15.5. The van der Waals surface area contributed by atoms with Crippen LogP contribution in [0.3, 0.4) is 0 Å². The third-order valence-electron chi connectivity index (χ3n) is 18.5. The number of likely N-dealkylation sites (tertiary alicyclic amines) is 1. The fraction of sp³-hybridized carbons (Fsp3) is 0.818. The zero-order valence-corrected chi connectivity index (χ0v) is 34.1. The second-order valence-electron chi connectivity index (χ2n) is 20.8. The molecule has 8 aliphatic rings. The van der Waals surface area contributed by atoms with E-state index in [1.807, 2.05) is 4.90 Å². The standard InChI is InChI=1S/C44H65FN2O5S/c1-27(2)31-12-19-44(46-23-36(48)47-24-30-22-29(47)25-53(30,51)52)21-20-41(6)33(37(31)44)8-9-35-40(5)15-13-32(39(3,4)34(40)14-16-42(35,41)7)28-10-17-43(26-45,18-11-28)38(49)50/h10,13,29-31,33-35,37,46H,1,8-9,11-12,14-26H2,2-7H3,(H,49,50)/t29?,30-,31-,33+,34-,35+,37+,40-,41+,42+,43-,44-/m0/s1. The predicted molar refractivity (Wildman–Crippen MR) is 206 cm³/mol. The normalized spacial score (nSPS) is 47.8. The molecule has 294 valence electrons. The van der Waals surface area contributed by atoms with Crippen molar-refractivity contribution in [2.24, 2.45) is 56.7 Å². The van der Waals surface area contributed by atoms with Gasteiger partial charge < -0.3 is 15.3 Å². The highest BCUT2D eigenvalue weighted by Gasteiger charge is 2.70. The number of amides is 1. The maximum absolute atomic E-state index is 14.0. The number of halogens is 1. The number of alkyl halides is 1. The van der Waals surface area contributed by atoms with Crippen molar-refractivity contribution in [1.82, 2.24) is 10.2 Å².